The van der Waals surface area contributed by atoms with Crippen LogP contribution < -0.4 is 11.3 Å². The molecule has 3 aromatic rings. The molecule has 2 heterocycles. The average molecular weight is 309 g/mol. The molecule has 6 heteroatoms. The molecule has 0 bridgehead atoms. The normalized spacial score (nSPS) is 20.6. The Morgan fingerprint density at radius 3 is 2.78 bits per heavy atom. The molecular formula is C17H19N5O. The molecule has 1 aromatic carbocycles. The van der Waals surface area contributed by atoms with Gasteiger partial charge in [-0.15, -0.1) is 10.2 Å². The lowest BCUT2D eigenvalue weighted by molar-refractivity contribution is 0.331. The predicted octanol–water partition coefficient (Wildman–Crippen LogP) is 1.38. The molecule has 0 radical (unpaired) electrons. The van der Waals surface area contributed by atoms with Crippen molar-refractivity contribution in [3.05, 3.63) is 58.5 Å². The molecule has 0 unspecified atom stereocenters. The summed E-state index contributed by atoms with van der Waals surface area (Å²) in [5, 5.41) is 10.3. The van der Waals surface area contributed by atoms with Crippen LogP contribution in [0.4, 0.5) is 0 Å². The van der Waals surface area contributed by atoms with Crippen molar-refractivity contribution >= 4 is 10.8 Å². The Balaban J connectivity index is 1.66. The number of hydrogen-bond donors (Lipinski definition) is 1. The molecule has 4 rings (SSSR count). The van der Waals surface area contributed by atoms with Gasteiger partial charge in [0.2, 0.25) is 0 Å². The van der Waals surface area contributed by atoms with Gasteiger partial charge in [0.05, 0.1) is 6.54 Å². The molecule has 23 heavy (non-hydrogen) atoms. The maximum Gasteiger partial charge on any atom is 0.258 e. The van der Waals surface area contributed by atoms with Crippen LogP contribution in [0.25, 0.3) is 10.8 Å². The van der Waals surface area contributed by atoms with Gasteiger partial charge in [0.25, 0.3) is 5.56 Å². The summed E-state index contributed by atoms with van der Waals surface area (Å²) in [5.74, 6) is 2.15. The first-order valence-corrected chi connectivity index (χ1v) is 7.85. The second-order valence-corrected chi connectivity index (χ2v) is 6.30. The third-order valence-corrected chi connectivity index (χ3v) is 4.74. The fraction of sp³-hybridized carbons (Fsp3) is 0.353. The highest BCUT2D eigenvalue weighted by Gasteiger charge is 2.31. The summed E-state index contributed by atoms with van der Waals surface area (Å²) < 4.78 is 3.68. The first-order chi connectivity index (χ1) is 11.1. The molecule has 1 fully saturated rings. The Labute approximate surface area is 133 Å². The monoisotopic (exact) mass is 309 g/mol. The van der Waals surface area contributed by atoms with Gasteiger partial charge < -0.3 is 14.9 Å². The van der Waals surface area contributed by atoms with Crippen molar-refractivity contribution in [2.24, 2.45) is 12.8 Å². The third kappa shape index (κ3) is 2.35. The van der Waals surface area contributed by atoms with Crippen molar-refractivity contribution in [1.29, 1.82) is 0 Å². The van der Waals surface area contributed by atoms with Gasteiger partial charge >= 0.3 is 0 Å². The van der Waals surface area contributed by atoms with E-state index in [1.807, 2.05) is 48.1 Å². The van der Waals surface area contributed by atoms with E-state index in [1.165, 1.54) is 0 Å². The Kier molecular flexibility index (Phi) is 3.27. The second kappa shape index (κ2) is 5.31. The minimum absolute atomic E-state index is 0.00156. The summed E-state index contributed by atoms with van der Waals surface area (Å²) in [6.07, 6.45) is 3.74. The third-order valence-electron chi connectivity index (χ3n) is 4.74. The average Bonchev–Trinajstić information content (AvgIpc) is 2.88. The van der Waals surface area contributed by atoms with Crippen LogP contribution in [0.1, 0.15) is 30.4 Å². The van der Waals surface area contributed by atoms with Gasteiger partial charge in [0.1, 0.15) is 5.82 Å². The summed E-state index contributed by atoms with van der Waals surface area (Å²) in [7, 11) is 1.96. The first kappa shape index (κ1) is 14.1. The minimum atomic E-state index is -0.00156. The number of nitrogens with two attached hydrogens (primary N) is 1. The molecule has 0 spiro atoms. The van der Waals surface area contributed by atoms with Crippen LogP contribution in [0, 0.1) is 0 Å². The van der Waals surface area contributed by atoms with E-state index in [0.29, 0.717) is 12.5 Å². The molecule has 6 nitrogen and oxygen atoms in total. The maximum absolute atomic E-state index is 12.6. The van der Waals surface area contributed by atoms with E-state index in [4.69, 9.17) is 5.73 Å². The number of nitrogens with zero attached hydrogens (tertiary/aromatic N) is 4. The smallest absolute Gasteiger partial charge is 0.258 e. The van der Waals surface area contributed by atoms with Crippen molar-refractivity contribution in [3.63, 3.8) is 0 Å². The summed E-state index contributed by atoms with van der Waals surface area (Å²) in [6.45, 7) is 0.423. The summed E-state index contributed by atoms with van der Waals surface area (Å²) in [5.41, 5.74) is 5.85. The number of fused-ring (bicyclic) bond motifs is 1. The zero-order chi connectivity index (χ0) is 16.0. The molecule has 0 amide bonds. The highest BCUT2D eigenvalue weighted by Crippen LogP contribution is 2.34. The van der Waals surface area contributed by atoms with E-state index >= 15 is 0 Å². The summed E-state index contributed by atoms with van der Waals surface area (Å²) in [6, 6.07) is 9.86. The molecule has 1 saturated carbocycles. The van der Waals surface area contributed by atoms with Gasteiger partial charge in [0.15, 0.2) is 5.82 Å². The molecule has 0 aliphatic heterocycles. The van der Waals surface area contributed by atoms with Crippen molar-refractivity contribution in [2.75, 3.05) is 0 Å². The lowest BCUT2D eigenvalue weighted by atomic mass is 9.80. The number of pyridine rings is 1. The summed E-state index contributed by atoms with van der Waals surface area (Å²) >= 11 is 0. The Bertz CT molecular complexity index is 920. The highest BCUT2D eigenvalue weighted by molar-refractivity contribution is 5.81. The van der Waals surface area contributed by atoms with Crippen LogP contribution in [0.3, 0.4) is 0 Å². The number of aromatic nitrogens is 4. The van der Waals surface area contributed by atoms with Crippen LogP contribution in [-0.4, -0.2) is 25.4 Å². The predicted molar refractivity (Wildman–Crippen MR) is 88.3 cm³/mol. The van der Waals surface area contributed by atoms with Gasteiger partial charge in [-0.1, -0.05) is 18.2 Å². The van der Waals surface area contributed by atoms with Crippen molar-refractivity contribution in [3.8, 4) is 0 Å². The van der Waals surface area contributed by atoms with Crippen LogP contribution in [-0.2, 0) is 13.6 Å². The van der Waals surface area contributed by atoms with Gasteiger partial charge in [-0.25, -0.2) is 0 Å². The van der Waals surface area contributed by atoms with E-state index in [9.17, 15) is 4.79 Å². The van der Waals surface area contributed by atoms with Crippen LogP contribution in [0.15, 0.2) is 41.3 Å². The number of hydrogen-bond acceptors (Lipinski definition) is 4. The number of benzene rings is 1. The van der Waals surface area contributed by atoms with Crippen LogP contribution >= 0.6 is 0 Å². The summed E-state index contributed by atoms with van der Waals surface area (Å²) in [4.78, 5) is 12.6. The van der Waals surface area contributed by atoms with Gasteiger partial charge in [0, 0.05) is 30.6 Å². The Morgan fingerprint density at radius 1 is 1.22 bits per heavy atom. The molecular weight excluding hydrogens is 290 g/mol. The van der Waals surface area contributed by atoms with Crippen molar-refractivity contribution < 1.29 is 0 Å². The maximum atomic E-state index is 12.6. The van der Waals surface area contributed by atoms with E-state index < -0.39 is 0 Å². The molecule has 2 aromatic heterocycles. The van der Waals surface area contributed by atoms with Crippen LogP contribution in [0.5, 0.6) is 0 Å². The van der Waals surface area contributed by atoms with E-state index in [0.717, 1.165) is 35.3 Å². The standard InChI is InChI=1S/C17H19N5O/c1-21-15(19-20-16(21)12-8-13(18)9-12)10-22-7-6-11-4-2-3-5-14(11)17(22)23/h2-7,12-13H,8-10,18H2,1H3. The quantitative estimate of drug-likeness (QED) is 0.793. The molecule has 1 aliphatic carbocycles. The van der Waals surface area contributed by atoms with Crippen molar-refractivity contribution in [2.45, 2.75) is 31.3 Å². The fourth-order valence-corrected chi connectivity index (χ4v) is 3.25. The van der Waals surface area contributed by atoms with Gasteiger partial charge in [-0.05, 0) is 30.4 Å². The largest absolute Gasteiger partial charge is 0.328 e. The van der Waals surface area contributed by atoms with E-state index in [-0.39, 0.29) is 11.6 Å². The number of rotatable bonds is 3. The molecule has 0 atom stereocenters. The molecule has 1 aliphatic rings. The zero-order valence-electron chi connectivity index (χ0n) is 13.0. The SMILES string of the molecule is Cn1c(Cn2ccc3ccccc3c2=O)nnc1C1CC(N)C1. The second-order valence-electron chi connectivity index (χ2n) is 6.30. The minimum Gasteiger partial charge on any atom is -0.328 e. The topological polar surface area (TPSA) is 78.7 Å². The van der Waals surface area contributed by atoms with E-state index in [1.54, 1.807) is 4.57 Å². The first-order valence-electron chi connectivity index (χ1n) is 7.85. The van der Waals surface area contributed by atoms with E-state index in [2.05, 4.69) is 10.2 Å². The van der Waals surface area contributed by atoms with Crippen molar-refractivity contribution in [1.82, 2.24) is 19.3 Å². The Morgan fingerprint density at radius 2 is 2.00 bits per heavy atom. The fourth-order valence-electron chi connectivity index (χ4n) is 3.25. The Hall–Kier alpha value is -2.47. The molecule has 2 N–H and O–H groups in total. The van der Waals surface area contributed by atoms with Crippen LogP contribution in [0.2, 0.25) is 0 Å². The van der Waals surface area contributed by atoms with Gasteiger partial charge in [-0.2, -0.15) is 0 Å². The lowest BCUT2D eigenvalue weighted by Crippen LogP contribution is -2.36. The van der Waals surface area contributed by atoms with Gasteiger partial charge in [-0.3, -0.25) is 4.79 Å². The highest BCUT2D eigenvalue weighted by atomic mass is 16.1. The molecule has 118 valence electrons. The lowest BCUT2D eigenvalue weighted by Gasteiger charge is -2.31. The zero-order valence-corrected chi connectivity index (χ0v) is 13.0. The molecule has 0 saturated heterocycles.